The fourth-order valence-electron chi connectivity index (χ4n) is 3.76. The molecule has 2 aromatic heterocycles. The second-order valence-electron chi connectivity index (χ2n) is 7.06. The number of carbonyl (C=O) groups is 1. The predicted octanol–water partition coefficient (Wildman–Crippen LogP) is 3.03. The van der Waals surface area contributed by atoms with Gasteiger partial charge in [-0.25, -0.2) is 9.48 Å². The minimum atomic E-state index is -0.943. The number of para-hydroxylation sites is 1. The maximum atomic E-state index is 11.4. The van der Waals surface area contributed by atoms with Crippen LogP contribution in [0, 0.1) is 5.92 Å². The molecule has 0 saturated carbocycles. The smallest absolute Gasteiger partial charge is 0.337 e. The van der Waals surface area contributed by atoms with Gasteiger partial charge in [-0.05, 0) is 55.1 Å². The number of carboxylic acid groups (broad SMARTS) is 1. The van der Waals surface area contributed by atoms with Crippen LogP contribution >= 0.6 is 0 Å². The van der Waals surface area contributed by atoms with Crippen molar-refractivity contribution in [3.63, 3.8) is 0 Å². The average molecular weight is 362 g/mol. The Hall–Kier alpha value is -2.99. The van der Waals surface area contributed by atoms with Gasteiger partial charge in [-0.2, -0.15) is 5.10 Å². The van der Waals surface area contributed by atoms with E-state index >= 15 is 0 Å². The lowest BCUT2D eigenvalue weighted by Gasteiger charge is -2.15. The van der Waals surface area contributed by atoms with Crippen molar-refractivity contribution in [2.24, 2.45) is 5.92 Å². The van der Waals surface area contributed by atoms with Crippen molar-refractivity contribution in [3.05, 3.63) is 77.9 Å². The van der Waals surface area contributed by atoms with Crippen molar-refractivity contribution < 1.29 is 9.90 Å². The van der Waals surface area contributed by atoms with Crippen LogP contribution in [0.2, 0.25) is 0 Å². The molecule has 1 aliphatic rings. The van der Waals surface area contributed by atoms with E-state index in [0.717, 1.165) is 31.6 Å². The van der Waals surface area contributed by atoms with Crippen LogP contribution in [0.25, 0.3) is 5.69 Å². The summed E-state index contributed by atoms with van der Waals surface area (Å²) in [4.78, 5) is 17.9. The van der Waals surface area contributed by atoms with Gasteiger partial charge in [-0.3, -0.25) is 9.88 Å². The zero-order valence-electron chi connectivity index (χ0n) is 15.0. The van der Waals surface area contributed by atoms with Crippen LogP contribution in [-0.2, 0) is 13.0 Å². The summed E-state index contributed by atoms with van der Waals surface area (Å²) in [5, 5.41) is 13.7. The number of nitrogens with zero attached hydrogens (tertiary/aromatic N) is 4. The maximum Gasteiger partial charge on any atom is 0.337 e. The molecule has 1 fully saturated rings. The molecule has 0 aliphatic carbocycles. The van der Waals surface area contributed by atoms with Crippen LogP contribution < -0.4 is 0 Å². The van der Waals surface area contributed by atoms with Crippen molar-refractivity contribution in [2.75, 3.05) is 13.1 Å². The molecular formula is C21H22N4O2. The zero-order valence-corrected chi connectivity index (χ0v) is 15.0. The van der Waals surface area contributed by atoms with E-state index in [0.29, 0.717) is 11.6 Å². The first-order valence-corrected chi connectivity index (χ1v) is 9.16. The first kappa shape index (κ1) is 17.4. The van der Waals surface area contributed by atoms with Crippen LogP contribution in [0.4, 0.5) is 0 Å². The van der Waals surface area contributed by atoms with Gasteiger partial charge in [0.15, 0.2) is 0 Å². The Bertz CT molecular complexity index is 923. The summed E-state index contributed by atoms with van der Waals surface area (Å²) in [5.74, 6) is -0.281. The lowest BCUT2D eigenvalue weighted by atomic mass is 10.00. The molecule has 27 heavy (non-hydrogen) atoms. The molecule has 1 aromatic carbocycles. The molecule has 6 heteroatoms. The minimum absolute atomic E-state index is 0.255. The highest BCUT2D eigenvalue weighted by Gasteiger charge is 2.23. The number of hydrogen-bond donors (Lipinski definition) is 1. The molecule has 1 atom stereocenters. The highest BCUT2D eigenvalue weighted by molar-refractivity contribution is 5.91. The minimum Gasteiger partial charge on any atom is -0.478 e. The molecule has 138 valence electrons. The Balaban J connectivity index is 1.40. The molecule has 0 bridgehead atoms. The number of hydrogen-bond acceptors (Lipinski definition) is 4. The molecule has 0 unspecified atom stereocenters. The number of rotatable bonds is 6. The fraction of sp³-hybridized carbons (Fsp3) is 0.286. The largest absolute Gasteiger partial charge is 0.478 e. The van der Waals surface area contributed by atoms with E-state index in [1.165, 1.54) is 12.0 Å². The van der Waals surface area contributed by atoms with E-state index in [1.54, 1.807) is 22.9 Å². The fourth-order valence-corrected chi connectivity index (χ4v) is 3.76. The molecule has 1 N–H and O–H groups in total. The Labute approximate surface area is 158 Å². The van der Waals surface area contributed by atoms with Crippen LogP contribution in [0.5, 0.6) is 0 Å². The number of aromatic carboxylic acids is 1. The molecule has 0 radical (unpaired) electrons. The number of pyridine rings is 1. The van der Waals surface area contributed by atoms with Crippen molar-refractivity contribution in [3.8, 4) is 5.69 Å². The summed E-state index contributed by atoms with van der Waals surface area (Å²) in [5.41, 5.74) is 3.29. The lowest BCUT2D eigenvalue weighted by molar-refractivity contribution is 0.0696. The Morgan fingerprint density at radius 3 is 2.78 bits per heavy atom. The van der Waals surface area contributed by atoms with E-state index in [9.17, 15) is 9.90 Å². The third-order valence-corrected chi connectivity index (χ3v) is 5.07. The Kier molecular flexibility index (Phi) is 4.98. The van der Waals surface area contributed by atoms with Gasteiger partial charge >= 0.3 is 5.97 Å². The normalized spacial score (nSPS) is 17.3. The van der Waals surface area contributed by atoms with Gasteiger partial charge in [0.1, 0.15) is 0 Å². The van der Waals surface area contributed by atoms with Crippen molar-refractivity contribution in [1.82, 2.24) is 19.7 Å². The average Bonchev–Trinajstić information content (AvgIpc) is 3.32. The molecule has 1 saturated heterocycles. The molecule has 4 rings (SSSR count). The number of benzene rings is 1. The summed E-state index contributed by atoms with van der Waals surface area (Å²) < 4.78 is 1.66. The third-order valence-electron chi connectivity index (χ3n) is 5.07. The zero-order chi connectivity index (χ0) is 18.6. The second-order valence-corrected chi connectivity index (χ2v) is 7.06. The molecule has 6 nitrogen and oxygen atoms in total. The highest BCUT2D eigenvalue weighted by atomic mass is 16.4. The molecule has 0 amide bonds. The van der Waals surface area contributed by atoms with E-state index < -0.39 is 5.97 Å². The van der Waals surface area contributed by atoms with E-state index in [2.05, 4.69) is 27.1 Å². The number of carboxylic acids is 1. The van der Waals surface area contributed by atoms with E-state index in [1.807, 2.05) is 30.9 Å². The molecular weight excluding hydrogens is 340 g/mol. The highest BCUT2D eigenvalue weighted by Crippen LogP contribution is 2.23. The Morgan fingerprint density at radius 1 is 1.15 bits per heavy atom. The lowest BCUT2D eigenvalue weighted by Crippen LogP contribution is -2.20. The quantitative estimate of drug-likeness (QED) is 0.730. The third kappa shape index (κ3) is 4.06. The van der Waals surface area contributed by atoms with Gasteiger partial charge in [0, 0.05) is 37.2 Å². The van der Waals surface area contributed by atoms with Gasteiger partial charge in [0.25, 0.3) is 0 Å². The van der Waals surface area contributed by atoms with Crippen LogP contribution in [0.15, 0.2) is 61.2 Å². The summed E-state index contributed by atoms with van der Waals surface area (Å²) in [7, 11) is 0. The maximum absolute atomic E-state index is 11.4. The first-order valence-electron chi connectivity index (χ1n) is 9.16. The van der Waals surface area contributed by atoms with Gasteiger partial charge < -0.3 is 5.11 Å². The summed E-state index contributed by atoms with van der Waals surface area (Å²) in [6, 6.07) is 11.1. The first-order chi connectivity index (χ1) is 13.2. The van der Waals surface area contributed by atoms with Gasteiger partial charge in [-0.15, -0.1) is 0 Å². The van der Waals surface area contributed by atoms with Crippen molar-refractivity contribution in [2.45, 2.75) is 19.4 Å². The van der Waals surface area contributed by atoms with Crippen molar-refractivity contribution >= 4 is 5.97 Å². The number of likely N-dealkylation sites (tertiary alicyclic amines) is 1. The predicted molar refractivity (Wildman–Crippen MR) is 102 cm³/mol. The summed E-state index contributed by atoms with van der Waals surface area (Å²) in [6.45, 7) is 2.98. The van der Waals surface area contributed by atoms with Crippen LogP contribution in [-0.4, -0.2) is 43.8 Å². The molecule has 3 heterocycles. The van der Waals surface area contributed by atoms with Crippen LogP contribution in [0.1, 0.15) is 27.9 Å². The van der Waals surface area contributed by atoms with E-state index in [4.69, 9.17) is 0 Å². The summed E-state index contributed by atoms with van der Waals surface area (Å²) in [6.07, 6.45) is 9.74. The second kappa shape index (κ2) is 7.72. The van der Waals surface area contributed by atoms with Crippen molar-refractivity contribution in [1.29, 1.82) is 0 Å². The summed E-state index contributed by atoms with van der Waals surface area (Å²) >= 11 is 0. The molecule has 3 aromatic rings. The topological polar surface area (TPSA) is 71.2 Å². The van der Waals surface area contributed by atoms with Crippen LogP contribution in [0.3, 0.4) is 0 Å². The standard InChI is InChI=1S/C21H22N4O2/c26-21(27)19-3-1-2-4-20(19)25-15-18(12-23-25)14-24-10-7-17(13-24)11-16-5-8-22-9-6-16/h1-6,8-9,12,15,17H,7,10-11,13-14H2,(H,26,27)/t17-/m1/s1. The molecule has 1 aliphatic heterocycles. The number of aromatic nitrogens is 3. The van der Waals surface area contributed by atoms with Gasteiger partial charge in [0.2, 0.25) is 0 Å². The SMILES string of the molecule is O=C(O)c1ccccc1-n1cc(CN2CC[C@H](Cc3ccncc3)C2)cn1. The molecule has 0 spiro atoms. The van der Waals surface area contributed by atoms with Gasteiger partial charge in [-0.1, -0.05) is 12.1 Å². The van der Waals surface area contributed by atoms with Gasteiger partial charge in [0.05, 0.1) is 17.4 Å². The Morgan fingerprint density at radius 2 is 1.96 bits per heavy atom. The monoisotopic (exact) mass is 362 g/mol. The van der Waals surface area contributed by atoms with E-state index in [-0.39, 0.29) is 5.56 Å².